The molecule has 3 aliphatic rings. The number of carbonyl (C=O) groups excluding carboxylic acids is 2. The highest BCUT2D eigenvalue weighted by atomic mass is 16.7. The van der Waals surface area contributed by atoms with Gasteiger partial charge in [-0.1, -0.05) is 32.9 Å². The van der Waals surface area contributed by atoms with Crippen LogP contribution in [0.25, 0.3) is 0 Å². The van der Waals surface area contributed by atoms with Crippen LogP contribution in [0.5, 0.6) is 5.75 Å². The normalized spacial score (nSPS) is 41.6. The van der Waals surface area contributed by atoms with E-state index >= 15 is 0 Å². The molecule has 6 N–H and O–H groups in total. The molecule has 0 amide bonds. The quantitative estimate of drug-likeness (QED) is 0.154. The molecule has 4 rings (SSSR count). The highest BCUT2D eigenvalue weighted by molar-refractivity contribution is 5.91. The number of ether oxygens (including phenoxy) is 7. The first kappa shape index (κ1) is 56.5. The highest BCUT2D eigenvalue weighted by Crippen LogP contribution is 2.40. The lowest BCUT2D eigenvalue weighted by Gasteiger charge is -2.48. The molecule has 18 heteroatoms. The first-order chi connectivity index (χ1) is 30.0. The molecule has 0 saturated carbocycles. The van der Waals surface area contributed by atoms with Crippen molar-refractivity contribution in [3.05, 3.63) is 29.8 Å². The maximum absolute atomic E-state index is 14.2. The van der Waals surface area contributed by atoms with Gasteiger partial charge in [-0.25, -0.2) is 4.79 Å². The molecule has 374 valence electrons. The molecule has 65 heavy (non-hydrogen) atoms. The SMILES string of the molecule is CC(=O)Oc1ccccc1C(=O)O.CC[C@H]1OC(=O)[C@H](C)[C@@H](O[C@H]2C[C@@](C)(OC)[C@@H](O)[C@H](C)O2)[C@H](C)[C@@H](O[C@@H]2O[C@H](C)C[C@H](N(C)C)[C@H]2O)[C@](C)(O)C[C@@H](C)CN(C)[C@H](C)[C@@H](O)[C@]1(C)O. The first-order valence-corrected chi connectivity index (χ1v) is 22.8. The maximum atomic E-state index is 14.2. The zero-order valence-corrected chi connectivity index (χ0v) is 41.2. The van der Waals surface area contributed by atoms with Crippen molar-refractivity contribution in [1.29, 1.82) is 0 Å². The van der Waals surface area contributed by atoms with Gasteiger partial charge < -0.3 is 73.6 Å². The lowest BCUT2D eigenvalue weighted by molar-refractivity contribution is -0.318. The minimum absolute atomic E-state index is 0.0160. The summed E-state index contributed by atoms with van der Waals surface area (Å²) >= 11 is 0. The Morgan fingerprint density at radius 2 is 1.55 bits per heavy atom. The Balaban J connectivity index is 0.000000738. The Morgan fingerprint density at radius 1 is 0.938 bits per heavy atom. The number of rotatable bonds is 9. The molecule has 0 unspecified atom stereocenters. The summed E-state index contributed by atoms with van der Waals surface area (Å²) in [7, 11) is 7.12. The summed E-state index contributed by atoms with van der Waals surface area (Å²) in [6, 6.07) is 5.17. The third-order valence-electron chi connectivity index (χ3n) is 13.6. The number of hydrogen-bond acceptors (Lipinski definition) is 17. The van der Waals surface area contributed by atoms with E-state index < -0.39 is 108 Å². The van der Waals surface area contributed by atoms with Crippen LogP contribution in [-0.4, -0.2) is 183 Å². The molecule has 18 atom stereocenters. The van der Waals surface area contributed by atoms with Crippen molar-refractivity contribution >= 4 is 17.9 Å². The van der Waals surface area contributed by atoms with E-state index in [1.165, 1.54) is 33.1 Å². The van der Waals surface area contributed by atoms with Crippen LogP contribution >= 0.6 is 0 Å². The Bertz CT molecular complexity index is 1700. The average Bonchev–Trinajstić information content (AvgIpc) is 3.21. The van der Waals surface area contributed by atoms with E-state index in [2.05, 4.69) is 4.74 Å². The molecule has 18 nitrogen and oxygen atoms in total. The number of para-hydroxylation sites is 1. The summed E-state index contributed by atoms with van der Waals surface area (Å²) in [5.41, 5.74) is -4.39. The fourth-order valence-corrected chi connectivity index (χ4v) is 9.62. The van der Waals surface area contributed by atoms with Gasteiger partial charge >= 0.3 is 17.9 Å². The number of nitrogens with zero attached hydrogens (tertiary/aromatic N) is 2. The summed E-state index contributed by atoms with van der Waals surface area (Å²) in [6.07, 6.45) is -8.19. The smallest absolute Gasteiger partial charge is 0.339 e. The molecule has 3 fully saturated rings. The molecule has 0 bridgehead atoms. The summed E-state index contributed by atoms with van der Waals surface area (Å²) in [5.74, 6) is -4.16. The molecule has 3 heterocycles. The zero-order valence-electron chi connectivity index (χ0n) is 41.2. The van der Waals surface area contributed by atoms with E-state index in [0.29, 0.717) is 13.0 Å². The van der Waals surface area contributed by atoms with E-state index in [4.69, 9.17) is 33.5 Å². The van der Waals surface area contributed by atoms with Gasteiger partial charge in [-0.2, -0.15) is 0 Å². The van der Waals surface area contributed by atoms with Gasteiger partial charge in [0.15, 0.2) is 12.6 Å². The summed E-state index contributed by atoms with van der Waals surface area (Å²) in [4.78, 5) is 39.2. The molecule has 3 aliphatic heterocycles. The Morgan fingerprint density at radius 3 is 2.11 bits per heavy atom. The molecule has 0 spiro atoms. The largest absolute Gasteiger partial charge is 0.478 e. The van der Waals surface area contributed by atoms with Crippen LogP contribution < -0.4 is 4.74 Å². The number of esters is 2. The molecular weight excluding hydrogens is 849 g/mol. The van der Waals surface area contributed by atoms with Crippen molar-refractivity contribution in [2.24, 2.45) is 17.8 Å². The summed E-state index contributed by atoms with van der Waals surface area (Å²) in [6.45, 7) is 19.3. The highest BCUT2D eigenvalue weighted by Gasteiger charge is 2.52. The standard InChI is InChI=1S/C38H72N2O12.C9H8O4/c1-15-27-38(10,46)31(42)24(6)40(13)19-20(2)17-36(8,45)33(52-35-29(41)26(39(11)12)16-21(3)48-35)22(4)30(23(5)34(44)50-27)51-28-18-37(9,47-14)32(43)25(7)49-28;1-6(10)13-8-5-3-2-4-7(8)9(11)12/h20-33,35,41-43,45-46H,15-19H2,1-14H3;2-5H,1H3,(H,11,12)/t20-,21-,22+,23-,24-,25+,26+,27-,28+,29-,30+,31-,32+,33-,35+,36-,37-,38-;/m1./s1. The summed E-state index contributed by atoms with van der Waals surface area (Å²) in [5, 5.41) is 66.8. The maximum Gasteiger partial charge on any atom is 0.339 e. The van der Waals surface area contributed by atoms with Crippen molar-refractivity contribution in [1.82, 2.24) is 9.80 Å². The number of carbonyl (C=O) groups is 3. The fraction of sp³-hybridized carbons (Fsp3) is 0.809. The Kier molecular flexibility index (Phi) is 20.4. The lowest BCUT2D eigenvalue weighted by Crippen LogP contribution is -2.60. The average molecular weight is 929 g/mol. The summed E-state index contributed by atoms with van der Waals surface area (Å²) < 4.78 is 42.2. The van der Waals surface area contributed by atoms with Crippen molar-refractivity contribution in [3.63, 3.8) is 0 Å². The van der Waals surface area contributed by atoms with Crippen molar-refractivity contribution < 1.29 is 78.2 Å². The second-order valence-corrected chi connectivity index (χ2v) is 19.6. The van der Waals surface area contributed by atoms with Gasteiger partial charge in [0.25, 0.3) is 0 Å². The number of hydrogen-bond donors (Lipinski definition) is 6. The van der Waals surface area contributed by atoms with Gasteiger partial charge in [-0.05, 0) is 107 Å². The van der Waals surface area contributed by atoms with Gasteiger partial charge in [0.05, 0.1) is 41.5 Å². The number of benzene rings is 1. The van der Waals surface area contributed by atoms with E-state index in [9.17, 15) is 39.9 Å². The molecule has 0 aliphatic carbocycles. The monoisotopic (exact) mass is 929 g/mol. The third-order valence-corrected chi connectivity index (χ3v) is 13.6. The molecule has 0 aromatic heterocycles. The van der Waals surface area contributed by atoms with E-state index in [1.54, 1.807) is 53.7 Å². The minimum atomic E-state index is -1.80. The van der Waals surface area contributed by atoms with Gasteiger partial charge in [-0.15, -0.1) is 0 Å². The molecule has 3 saturated heterocycles. The predicted molar refractivity (Wildman–Crippen MR) is 239 cm³/mol. The second-order valence-electron chi connectivity index (χ2n) is 19.6. The third kappa shape index (κ3) is 14.1. The Labute approximate surface area is 385 Å². The number of aliphatic hydroxyl groups excluding tert-OH is 3. The number of carboxylic acids is 1. The fourth-order valence-electron chi connectivity index (χ4n) is 9.62. The topological polar surface area (TPSA) is 244 Å². The van der Waals surface area contributed by atoms with Gasteiger partial charge in [-0.3, -0.25) is 9.59 Å². The second kappa shape index (κ2) is 23.4. The van der Waals surface area contributed by atoms with Crippen LogP contribution in [0.1, 0.15) is 112 Å². The van der Waals surface area contributed by atoms with E-state index in [1.807, 2.05) is 51.7 Å². The molecule has 1 aromatic carbocycles. The number of aliphatic hydroxyl groups is 5. The van der Waals surface area contributed by atoms with Crippen LogP contribution in [0.3, 0.4) is 0 Å². The first-order valence-electron chi connectivity index (χ1n) is 22.8. The minimum Gasteiger partial charge on any atom is -0.478 e. The van der Waals surface area contributed by atoms with Crippen LogP contribution in [0.2, 0.25) is 0 Å². The van der Waals surface area contributed by atoms with Gasteiger partial charge in [0.2, 0.25) is 0 Å². The number of aromatic carboxylic acids is 1. The van der Waals surface area contributed by atoms with E-state index in [0.717, 1.165) is 0 Å². The molecular formula is C47H80N2O16. The van der Waals surface area contributed by atoms with Crippen molar-refractivity contribution in [2.75, 3.05) is 34.8 Å². The Hall–Kier alpha value is -2.85. The van der Waals surface area contributed by atoms with Crippen molar-refractivity contribution in [2.45, 2.75) is 192 Å². The number of methoxy groups -OCH3 is 1. The molecule has 0 radical (unpaired) electrons. The van der Waals surface area contributed by atoms with E-state index in [-0.39, 0.29) is 48.6 Å². The zero-order chi connectivity index (χ0) is 49.5. The number of cyclic esters (lactones) is 1. The lowest BCUT2D eigenvalue weighted by atomic mass is 9.77. The van der Waals surface area contributed by atoms with Gasteiger partial charge in [0.1, 0.15) is 41.3 Å². The van der Waals surface area contributed by atoms with Crippen LogP contribution in [0.15, 0.2) is 24.3 Å². The molecule has 1 aromatic rings. The van der Waals surface area contributed by atoms with Crippen LogP contribution in [-0.2, 0) is 38.0 Å². The van der Waals surface area contributed by atoms with Crippen LogP contribution in [0, 0.1) is 17.8 Å². The van der Waals surface area contributed by atoms with Gasteiger partial charge in [0, 0.05) is 45.0 Å². The number of likely N-dealkylation sites (N-methyl/N-ethyl adjacent to an activating group) is 2. The van der Waals surface area contributed by atoms with Crippen LogP contribution in [0.4, 0.5) is 0 Å². The van der Waals surface area contributed by atoms with Crippen molar-refractivity contribution in [3.8, 4) is 5.75 Å². The predicted octanol–water partition coefficient (Wildman–Crippen LogP) is 3.21. The number of carboxylic acid groups (broad SMARTS) is 1.